The summed E-state index contributed by atoms with van der Waals surface area (Å²) in [5.41, 5.74) is 5.34. The number of aromatic amines is 1. The zero-order chi connectivity index (χ0) is 12.0. The van der Waals surface area contributed by atoms with Gasteiger partial charge in [-0.15, -0.1) is 0 Å². The number of nitrogens with one attached hydrogen (secondary N) is 1. The molecule has 5 heteroatoms. The van der Waals surface area contributed by atoms with E-state index in [2.05, 4.69) is 4.98 Å². The first-order valence-electron chi connectivity index (χ1n) is 5.37. The van der Waals surface area contributed by atoms with E-state index in [1.807, 2.05) is 6.92 Å². The van der Waals surface area contributed by atoms with Gasteiger partial charge in [-0.3, -0.25) is 9.59 Å². The van der Waals surface area contributed by atoms with Gasteiger partial charge in [0.2, 0.25) is 0 Å². The van der Waals surface area contributed by atoms with Crippen LogP contribution in [0.25, 0.3) is 0 Å². The summed E-state index contributed by atoms with van der Waals surface area (Å²) in [6, 6.07) is 1.35. The van der Waals surface area contributed by atoms with Gasteiger partial charge < -0.3 is 15.6 Å². The maximum absolute atomic E-state index is 12.0. The van der Waals surface area contributed by atoms with Gasteiger partial charge >= 0.3 is 0 Å². The number of hydrogen-bond acceptors (Lipinski definition) is 3. The molecule has 3 N–H and O–H groups in total. The molecule has 0 spiro atoms. The molecule has 0 unspecified atom stereocenters. The molecule has 1 heterocycles. The summed E-state index contributed by atoms with van der Waals surface area (Å²) in [5.74, 6) is -0.255. The van der Waals surface area contributed by atoms with Crippen molar-refractivity contribution in [3.8, 4) is 0 Å². The maximum atomic E-state index is 12.0. The van der Waals surface area contributed by atoms with Crippen LogP contribution in [0.3, 0.4) is 0 Å². The van der Waals surface area contributed by atoms with Gasteiger partial charge in [-0.2, -0.15) is 0 Å². The number of carbonyl (C=O) groups excluding carboxylic acids is 1. The minimum Gasteiger partial charge on any atom is -0.367 e. The van der Waals surface area contributed by atoms with Crippen LogP contribution in [-0.2, 0) is 0 Å². The fourth-order valence-corrected chi connectivity index (χ4v) is 1.49. The predicted molar refractivity (Wildman–Crippen MR) is 62.3 cm³/mol. The lowest BCUT2D eigenvalue weighted by atomic mass is 10.2. The third kappa shape index (κ3) is 2.93. The number of amides is 1. The number of nitrogens with two attached hydrogens (primary N) is 1. The zero-order valence-corrected chi connectivity index (χ0v) is 9.40. The van der Waals surface area contributed by atoms with Crippen molar-refractivity contribution in [2.75, 3.05) is 19.6 Å². The minimum absolute atomic E-state index is 0.171. The van der Waals surface area contributed by atoms with E-state index >= 15 is 0 Å². The molecule has 0 aliphatic heterocycles. The third-order valence-corrected chi connectivity index (χ3v) is 2.23. The Bertz CT molecular complexity index is 394. The number of H-pyrrole nitrogens is 1. The topological polar surface area (TPSA) is 79.2 Å². The summed E-state index contributed by atoms with van der Waals surface area (Å²) in [7, 11) is 0. The molecule has 0 bridgehead atoms. The van der Waals surface area contributed by atoms with Crippen molar-refractivity contribution in [3.05, 3.63) is 34.2 Å². The number of hydrogen-bond donors (Lipinski definition) is 2. The van der Waals surface area contributed by atoms with Gasteiger partial charge in [-0.05, 0) is 6.42 Å². The molecule has 0 saturated heterocycles. The summed E-state index contributed by atoms with van der Waals surface area (Å²) >= 11 is 0. The molecule has 0 fully saturated rings. The molecule has 1 aromatic rings. The first-order valence-corrected chi connectivity index (χ1v) is 5.37. The van der Waals surface area contributed by atoms with Crippen LogP contribution in [-0.4, -0.2) is 35.4 Å². The zero-order valence-electron chi connectivity index (χ0n) is 9.40. The largest absolute Gasteiger partial charge is 0.367 e. The molecule has 1 amide bonds. The van der Waals surface area contributed by atoms with E-state index < -0.39 is 0 Å². The second kappa shape index (κ2) is 6.07. The molecule has 16 heavy (non-hydrogen) atoms. The maximum Gasteiger partial charge on any atom is 0.259 e. The van der Waals surface area contributed by atoms with Crippen LogP contribution in [0.15, 0.2) is 23.3 Å². The third-order valence-electron chi connectivity index (χ3n) is 2.23. The Kier molecular flexibility index (Phi) is 4.72. The Morgan fingerprint density at radius 3 is 2.81 bits per heavy atom. The van der Waals surface area contributed by atoms with E-state index in [9.17, 15) is 9.59 Å². The highest BCUT2D eigenvalue weighted by Crippen LogP contribution is 1.99. The standard InChI is InChI=1S/C11H17N3O2/c1-2-6-14(7-4-12)11(16)9-8-13-5-3-10(9)15/h3,5,8H,2,4,6-7,12H2,1H3,(H,13,15). The van der Waals surface area contributed by atoms with Crippen molar-refractivity contribution in [2.24, 2.45) is 5.73 Å². The molecular weight excluding hydrogens is 206 g/mol. The van der Waals surface area contributed by atoms with Crippen LogP contribution in [0.1, 0.15) is 23.7 Å². The first kappa shape index (κ1) is 12.4. The highest BCUT2D eigenvalue weighted by molar-refractivity contribution is 5.93. The molecule has 0 aliphatic rings. The van der Waals surface area contributed by atoms with Crippen LogP contribution >= 0.6 is 0 Å². The van der Waals surface area contributed by atoms with Gasteiger partial charge in [0.05, 0.1) is 0 Å². The fraction of sp³-hybridized carbons (Fsp3) is 0.455. The van der Waals surface area contributed by atoms with Gasteiger partial charge in [-0.25, -0.2) is 0 Å². The summed E-state index contributed by atoms with van der Waals surface area (Å²) in [5, 5.41) is 0. The summed E-state index contributed by atoms with van der Waals surface area (Å²) in [4.78, 5) is 27.8. The van der Waals surface area contributed by atoms with Crippen molar-refractivity contribution >= 4 is 5.91 Å². The van der Waals surface area contributed by atoms with Crippen molar-refractivity contribution in [1.29, 1.82) is 0 Å². The van der Waals surface area contributed by atoms with Crippen molar-refractivity contribution in [3.63, 3.8) is 0 Å². The Balaban J connectivity index is 2.90. The normalized spacial score (nSPS) is 10.1. The van der Waals surface area contributed by atoms with Gasteiger partial charge in [0, 0.05) is 38.1 Å². The van der Waals surface area contributed by atoms with E-state index in [-0.39, 0.29) is 16.9 Å². The number of aromatic nitrogens is 1. The SMILES string of the molecule is CCCN(CCN)C(=O)c1c[nH]ccc1=O. The van der Waals surface area contributed by atoms with E-state index in [0.29, 0.717) is 19.6 Å². The molecule has 1 aromatic heterocycles. The second-order valence-electron chi connectivity index (χ2n) is 3.50. The fourth-order valence-electron chi connectivity index (χ4n) is 1.49. The van der Waals surface area contributed by atoms with E-state index in [1.165, 1.54) is 18.5 Å². The van der Waals surface area contributed by atoms with Crippen molar-refractivity contribution < 1.29 is 4.79 Å². The van der Waals surface area contributed by atoms with Crippen LogP contribution in [0.5, 0.6) is 0 Å². The summed E-state index contributed by atoms with van der Waals surface area (Å²) in [6.45, 7) is 3.47. The van der Waals surface area contributed by atoms with E-state index in [0.717, 1.165) is 6.42 Å². The highest BCUT2D eigenvalue weighted by Gasteiger charge is 2.16. The highest BCUT2D eigenvalue weighted by atomic mass is 16.2. The summed E-state index contributed by atoms with van der Waals surface area (Å²) in [6.07, 6.45) is 3.78. The molecule has 0 atom stereocenters. The molecule has 5 nitrogen and oxygen atoms in total. The number of carbonyl (C=O) groups is 1. The minimum atomic E-state index is -0.262. The van der Waals surface area contributed by atoms with Crippen LogP contribution < -0.4 is 11.2 Å². The quantitative estimate of drug-likeness (QED) is 0.747. The van der Waals surface area contributed by atoms with Crippen molar-refractivity contribution in [2.45, 2.75) is 13.3 Å². The molecule has 0 aromatic carbocycles. The molecule has 0 aliphatic carbocycles. The van der Waals surface area contributed by atoms with Crippen LogP contribution in [0.4, 0.5) is 0 Å². The molecular formula is C11H17N3O2. The Morgan fingerprint density at radius 1 is 1.50 bits per heavy atom. The molecule has 0 saturated carbocycles. The number of pyridine rings is 1. The lowest BCUT2D eigenvalue weighted by Crippen LogP contribution is -2.38. The van der Waals surface area contributed by atoms with Crippen LogP contribution in [0.2, 0.25) is 0 Å². The van der Waals surface area contributed by atoms with E-state index in [4.69, 9.17) is 5.73 Å². The predicted octanol–water partition coefficient (Wildman–Crippen LogP) is 0.186. The first-order chi connectivity index (χ1) is 7.70. The van der Waals surface area contributed by atoms with Gasteiger partial charge in [-0.1, -0.05) is 6.92 Å². The smallest absolute Gasteiger partial charge is 0.259 e. The number of nitrogens with zero attached hydrogens (tertiary/aromatic N) is 1. The van der Waals surface area contributed by atoms with Crippen LogP contribution in [0, 0.1) is 0 Å². The second-order valence-corrected chi connectivity index (χ2v) is 3.50. The molecule has 88 valence electrons. The molecule has 0 radical (unpaired) electrons. The van der Waals surface area contributed by atoms with Gasteiger partial charge in [0.1, 0.15) is 5.56 Å². The lowest BCUT2D eigenvalue weighted by molar-refractivity contribution is 0.0758. The molecule has 1 rings (SSSR count). The average molecular weight is 223 g/mol. The van der Waals surface area contributed by atoms with Crippen molar-refractivity contribution in [1.82, 2.24) is 9.88 Å². The monoisotopic (exact) mass is 223 g/mol. The van der Waals surface area contributed by atoms with Gasteiger partial charge in [0.25, 0.3) is 5.91 Å². The Hall–Kier alpha value is -1.62. The van der Waals surface area contributed by atoms with E-state index in [1.54, 1.807) is 4.90 Å². The average Bonchev–Trinajstić information content (AvgIpc) is 2.28. The van der Waals surface area contributed by atoms with Gasteiger partial charge in [0.15, 0.2) is 5.43 Å². The Labute approximate surface area is 94.3 Å². The number of rotatable bonds is 5. The lowest BCUT2D eigenvalue weighted by Gasteiger charge is -2.20. The Morgan fingerprint density at radius 2 is 2.25 bits per heavy atom. The summed E-state index contributed by atoms with van der Waals surface area (Å²) < 4.78 is 0.